The number of aromatic nitrogens is 1. The van der Waals surface area contributed by atoms with Gasteiger partial charge in [-0.15, -0.1) is 0 Å². The normalized spacial score (nSPS) is 16.5. The van der Waals surface area contributed by atoms with Crippen LogP contribution in [-0.4, -0.2) is 29.9 Å². The Morgan fingerprint density at radius 3 is 2.56 bits per heavy atom. The molecule has 0 aliphatic carbocycles. The van der Waals surface area contributed by atoms with Crippen molar-refractivity contribution in [1.82, 2.24) is 10.3 Å². The van der Waals surface area contributed by atoms with Crippen molar-refractivity contribution >= 4 is 17.5 Å². The van der Waals surface area contributed by atoms with Crippen molar-refractivity contribution < 1.29 is 14.0 Å². The Bertz CT molecular complexity index is 938. The minimum Gasteiger partial charge on any atom is -0.443 e. The highest BCUT2D eigenvalue weighted by atomic mass is 16.3. The van der Waals surface area contributed by atoms with Gasteiger partial charge in [0.1, 0.15) is 0 Å². The fourth-order valence-corrected chi connectivity index (χ4v) is 3.30. The summed E-state index contributed by atoms with van der Waals surface area (Å²) < 4.78 is 5.40. The molecule has 0 radical (unpaired) electrons. The molecule has 2 amide bonds. The van der Waals surface area contributed by atoms with E-state index in [0.717, 1.165) is 11.3 Å². The molecule has 1 aliphatic rings. The maximum Gasteiger partial charge on any atom is 0.273 e. The number of oxazole rings is 1. The molecule has 6 heteroatoms. The van der Waals surface area contributed by atoms with Crippen molar-refractivity contribution in [3.63, 3.8) is 0 Å². The van der Waals surface area contributed by atoms with Crippen LogP contribution < -0.4 is 10.2 Å². The predicted octanol–water partition coefficient (Wildman–Crippen LogP) is 3.12. The first-order chi connectivity index (χ1) is 13.2. The van der Waals surface area contributed by atoms with E-state index in [9.17, 15) is 9.59 Å². The van der Waals surface area contributed by atoms with Gasteiger partial charge in [-0.25, -0.2) is 4.98 Å². The lowest BCUT2D eigenvalue weighted by Gasteiger charge is -2.16. The number of hydrogen-bond donors (Lipinski definition) is 1. The Kier molecular flexibility index (Phi) is 4.70. The molecule has 1 aliphatic heterocycles. The highest BCUT2D eigenvalue weighted by Crippen LogP contribution is 2.25. The summed E-state index contributed by atoms with van der Waals surface area (Å²) in [6.45, 7) is 1.00. The summed E-state index contributed by atoms with van der Waals surface area (Å²) in [5.74, 6) is 0.287. The number of carbonyl (C=O) groups excluding carboxylic acids is 2. The Morgan fingerprint density at radius 1 is 1.11 bits per heavy atom. The van der Waals surface area contributed by atoms with Crippen LogP contribution in [0.3, 0.4) is 0 Å². The largest absolute Gasteiger partial charge is 0.443 e. The molecule has 0 spiro atoms. The highest BCUT2D eigenvalue weighted by Gasteiger charge is 2.31. The van der Waals surface area contributed by atoms with Crippen molar-refractivity contribution in [3.05, 3.63) is 72.8 Å². The molecule has 1 aromatic heterocycles. The van der Waals surface area contributed by atoms with Crippen LogP contribution in [0.4, 0.5) is 5.69 Å². The van der Waals surface area contributed by atoms with Gasteiger partial charge in [0.15, 0.2) is 17.8 Å². The molecular formula is C21H19N3O3. The van der Waals surface area contributed by atoms with Crippen LogP contribution in [0, 0.1) is 5.92 Å². The molecule has 2 aromatic carbocycles. The van der Waals surface area contributed by atoms with Gasteiger partial charge in [-0.3, -0.25) is 9.59 Å². The summed E-state index contributed by atoms with van der Waals surface area (Å²) in [6, 6.07) is 19.0. The van der Waals surface area contributed by atoms with E-state index in [1.54, 1.807) is 4.90 Å². The second-order valence-electron chi connectivity index (χ2n) is 6.52. The molecule has 1 saturated heterocycles. The van der Waals surface area contributed by atoms with E-state index in [1.165, 1.54) is 6.39 Å². The molecule has 0 saturated carbocycles. The van der Waals surface area contributed by atoms with Crippen molar-refractivity contribution in [2.24, 2.45) is 5.92 Å². The third kappa shape index (κ3) is 3.60. The summed E-state index contributed by atoms with van der Waals surface area (Å²) >= 11 is 0. The van der Waals surface area contributed by atoms with Crippen molar-refractivity contribution in [1.29, 1.82) is 0 Å². The molecule has 0 bridgehead atoms. The fraction of sp³-hybridized carbons (Fsp3) is 0.190. The van der Waals surface area contributed by atoms with Gasteiger partial charge in [-0.05, 0) is 12.1 Å². The zero-order chi connectivity index (χ0) is 18.6. The van der Waals surface area contributed by atoms with Crippen molar-refractivity contribution in [3.8, 4) is 11.3 Å². The van der Waals surface area contributed by atoms with E-state index in [1.807, 2.05) is 60.7 Å². The van der Waals surface area contributed by atoms with E-state index in [0.29, 0.717) is 25.3 Å². The number of nitrogens with one attached hydrogen (secondary N) is 1. The zero-order valence-corrected chi connectivity index (χ0v) is 14.7. The number of nitrogens with zero attached hydrogens (tertiary/aromatic N) is 2. The lowest BCUT2D eigenvalue weighted by Crippen LogP contribution is -2.31. The molecule has 136 valence electrons. The average Bonchev–Trinajstić information content (AvgIpc) is 3.34. The average molecular weight is 361 g/mol. The third-order valence-corrected chi connectivity index (χ3v) is 4.64. The fourth-order valence-electron chi connectivity index (χ4n) is 3.30. The smallest absolute Gasteiger partial charge is 0.273 e. The van der Waals surface area contributed by atoms with E-state index < -0.39 is 0 Å². The quantitative estimate of drug-likeness (QED) is 0.758. The second-order valence-corrected chi connectivity index (χ2v) is 6.52. The molecule has 1 unspecified atom stereocenters. The Balaban J connectivity index is 1.40. The molecule has 1 fully saturated rings. The van der Waals surface area contributed by atoms with Crippen LogP contribution in [-0.2, 0) is 4.79 Å². The summed E-state index contributed by atoms with van der Waals surface area (Å²) in [6.07, 6.45) is 1.69. The molecule has 1 N–H and O–H groups in total. The molecular weight excluding hydrogens is 342 g/mol. The number of hydrogen-bond acceptors (Lipinski definition) is 4. The Morgan fingerprint density at radius 2 is 1.81 bits per heavy atom. The number of para-hydroxylation sites is 1. The molecule has 2 heterocycles. The standard InChI is InChI=1S/C21H19N3O3/c25-18-11-15(13-24(18)17-9-5-2-6-10-17)12-22-21(26)19-20(27-14-23-19)16-7-3-1-4-8-16/h1-10,14-15H,11-13H2,(H,22,26). The van der Waals surface area contributed by atoms with E-state index >= 15 is 0 Å². The monoisotopic (exact) mass is 361 g/mol. The SMILES string of the molecule is O=C(NCC1CC(=O)N(c2ccccc2)C1)c1ncoc1-c1ccccc1. The van der Waals surface area contributed by atoms with Gasteiger partial charge in [0.25, 0.3) is 5.91 Å². The van der Waals surface area contributed by atoms with Crippen LogP contribution in [0.5, 0.6) is 0 Å². The maximum atomic E-state index is 12.6. The zero-order valence-electron chi connectivity index (χ0n) is 14.7. The second kappa shape index (κ2) is 7.45. The molecule has 1 atom stereocenters. The van der Waals surface area contributed by atoms with Crippen LogP contribution in [0.2, 0.25) is 0 Å². The van der Waals surface area contributed by atoms with E-state index in [2.05, 4.69) is 10.3 Å². The van der Waals surface area contributed by atoms with Crippen LogP contribution in [0.15, 0.2) is 71.5 Å². The molecule has 27 heavy (non-hydrogen) atoms. The summed E-state index contributed by atoms with van der Waals surface area (Å²) in [4.78, 5) is 30.7. The Labute approximate surface area is 156 Å². The highest BCUT2D eigenvalue weighted by molar-refractivity contribution is 5.98. The predicted molar refractivity (Wildman–Crippen MR) is 101 cm³/mol. The van der Waals surface area contributed by atoms with E-state index in [4.69, 9.17) is 4.42 Å². The first-order valence-corrected chi connectivity index (χ1v) is 8.85. The number of anilines is 1. The first kappa shape index (κ1) is 17.0. The van der Waals surface area contributed by atoms with Gasteiger partial charge >= 0.3 is 0 Å². The number of benzene rings is 2. The van der Waals surface area contributed by atoms with Gasteiger partial charge in [0, 0.05) is 36.7 Å². The number of amides is 2. The topological polar surface area (TPSA) is 75.4 Å². The van der Waals surface area contributed by atoms with Crippen molar-refractivity contribution in [2.75, 3.05) is 18.0 Å². The summed E-state index contributed by atoms with van der Waals surface area (Å²) in [5, 5.41) is 2.89. The number of rotatable bonds is 5. The van der Waals surface area contributed by atoms with Crippen LogP contribution in [0.1, 0.15) is 16.9 Å². The van der Waals surface area contributed by atoms with Crippen LogP contribution in [0.25, 0.3) is 11.3 Å². The minimum atomic E-state index is -0.298. The molecule has 3 aromatic rings. The minimum absolute atomic E-state index is 0.0636. The number of carbonyl (C=O) groups is 2. The molecule has 4 rings (SSSR count). The lowest BCUT2D eigenvalue weighted by atomic mass is 10.1. The van der Waals surface area contributed by atoms with Gasteiger partial charge in [0.05, 0.1) is 0 Å². The van der Waals surface area contributed by atoms with Crippen LogP contribution >= 0.6 is 0 Å². The van der Waals surface area contributed by atoms with Crippen molar-refractivity contribution in [2.45, 2.75) is 6.42 Å². The van der Waals surface area contributed by atoms with Gasteiger partial charge in [-0.2, -0.15) is 0 Å². The van der Waals surface area contributed by atoms with E-state index in [-0.39, 0.29) is 23.4 Å². The molecule has 6 nitrogen and oxygen atoms in total. The summed E-state index contributed by atoms with van der Waals surface area (Å²) in [5.41, 5.74) is 1.94. The third-order valence-electron chi connectivity index (χ3n) is 4.64. The van der Waals surface area contributed by atoms with Gasteiger partial charge in [-0.1, -0.05) is 48.5 Å². The maximum absolute atomic E-state index is 12.6. The van der Waals surface area contributed by atoms with Gasteiger partial charge < -0.3 is 14.6 Å². The Hall–Kier alpha value is -3.41. The van der Waals surface area contributed by atoms with Gasteiger partial charge in [0.2, 0.25) is 5.91 Å². The summed E-state index contributed by atoms with van der Waals surface area (Å²) in [7, 11) is 0. The lowest BCUT2D eigenvalue weighted by molar-refractivity contribution is -0.117. The first-order valence-electron chi connectivity index (χ1n) is 8.85.